The van der Waals surface area contributed by atoms with Crippen LogP contribution in [0.1, 0.15) is 50.5 Å². The molecular weight excluding hydrogens is 237 g/mol. The van der Waals surface area contributed by atoms with Crippen LogP contribution in [0, 0.1) is 11.7 Å². The summed E-state index contributed by atoms with van der Waals surface area (Å²) in [6.07, 6.45) is 6.49. The Balaban J connectivity index is 1.88. The van der Waals surface area contributed by atoms with E-state index >= 15 is 0 Å². The molecule has 4 atom stereocenters. The number of halogens is 1. The quantitative estimate of drug-likeness (QED) is 0.788. The van der Waals surface area contributed by atoms with Gasteiger partial charge in [0.05, 0.1) is 0 Å². The zero-order valence-corrected chi connectivity index (χ0v) is 12.0. The molecule has 0 N–H and O–H groups in total. The van der Waals surface area contributed by atoms with Gasteiger partial charge in [-0.05, 0) is 62.3 Å². The average Bonchev–Trinajstić information content (AvgIpc) is 2.65. The fraction of sp³-hybridized carbons (Fsp3) is 0.647. The fourth-order valence-corrected chi connectivity index (χ4v) is 4.40. The van der Waals surface area contributed by atoms with Crippen molar-refractivity contribution in [3.8, 4) is 0 Å². The van der Waals surface area contributed by atoms with Gasteiger partial charge in [-0.25, -0.2) is 4.39 Å². The van der Waals surface area contributed by atoms with Gasteiger partial charge < -0.3 is 4.90 Å². The van der Waals surface area contributed by atoms with Gasteiger partial charge in [0.1, 0.15) is 5.82 Å². The van der Waals surface area contributed by atoms with Crippen molar-refractivity contribution in [1.29, 1.82) is 0 Å². The van der Waals surface area contributed by atoms with Gasteiger partial charge >= 0.3 is 0 Å². The van der Waals surface area contributed by atoms with Crippen molar-refractivity contribution < 1.29 is 4.39 Å². The minimum absolute atomic E-state index is 0.119. The van der Waals surface area contributed by atoms with E-state index in [-0.39, 0.29) is 5.82 Å². The van der Waals surface area contributed by atoms with Gasteiger partial charge in [-0.3, -0.25) is 0 Å². The van der Waals surface area contributed by atoms with Crippen LogP contribution in [0.3, 0.4) is 0 Å². The molecule has 1 nitrogen and oxygen atoms in total. The summed E-state index contributed by atoms with van der Waals surface area (Å²) in [7, 11) is 2.30. The first-order valence-electron chi connectivity index (χ1n) is 7.68. The summed E-state index contributed by atoms with van der Waals surface area (Å²) >= 11 is 0. The third-order valence-electron chi connectivity index (χ3n) is 5.35. The molecule has 2 fully saturated rings. The number of fused-ring (bicyclic) bond motifs is 2. The maximum atomic E-state index is 13.1. The highest BCUT2D eigenvalue weighted by atomic mass is 19.1. The maximum Gasteiger partial charge on any atom is 0.123 e. The average molecular weight is 261 g/mol. The molecule has 0 amide bonds. The molecule has 0 saturated carbocycles. The van der Waals surface area contributed by atoms with Crippen molar-refractivity contribution >= 4 is 0 Å². The molecule has 0 radical (unpaired) electrons. The Bertz CT molecular complexity index is 427. The molecule has 2 saturated heterocycles. The van der Waals surface area contributed by atoms with Crippen LogP contribution < -0.4 is 0 Å². The van der Waals surface area contributed by atoms with Crippen molar-refractivity contribution in [2.45, 2.75) is 57.0 Å². The Morgan fingerprint density at radius 1 is 1.21 bits per heavy atom. The second kappa shape index (κ2) is 5.24. The molecule has 2 aliphatic heterocycles. The number of benzene rings is 1. The normalized spacial score (nSPS) is 34.7. The molecule has 2 heterocycles. The highest BCUT2D eigenvalue weighted by molar-refractivity contribution is 5.24. The largest absolute Gasteiger partial charge is 0.300 e. The number of hydrogen-bond acceptors (Lipinski definition) is 1. The molecule has 1 aromatic carbocycles. The lowest BCUT2D eigenvalue weighted by atomic mass is 9.74. The standard InChI is InChI=1S/C17H24FN/c1-3-4-15-16(12-5-7-13(18)8-6-12)11-14-9-10-17(15)19(14)2/h5-8,14-17H,3-4,9-11H2,1-2H3. The van der Waals surface area contributed by atoms with Gasteiger partial charge in [0.25, 0.3) is 0 Å². The molecule has 1 aromatic rings. The second-order valence-electron chi connectivity index (χ2n) is 6.31. The van der Waals surface area contributed by atoms with Gasteiger partial charge in [0.15, 0.2) is 0 Å². The van der Waals surface area contributed by atoms with Crippen LogP contribution in [-0.2, 0) is 0 Å². The van der Waals surface area contributed by atoms with Crippen molar-refractivity contribution in [2.75, 3.05) is 7.05 Å². The van der Waals surface area contributed by atoms with Crippen LogP contribution in [0.25, 0.3) is 0 Å². The SMILES string of the molecule is CCCC1C(c2ccc(F)cc2)CC2CCC1N2C. The van der Waals surface area contributed by atoms with Gasteiger partial charge in [-0.2, -0.15) is 0 Å². The highest BCUT2D eigenvalue weighted by Crippen LogP contribution is 2.47. The molecule has 2 bridgehead atoms. The summed E-state index contributed by atoms with van der Waals surface area (Å²) in [6.45, 7) is 2.28. The van der Waals surface area contributed by atoms with E-state index in [1.165, 1.54) is 37.7 Å². The lowest BCUT2D eigenvalue weighted by Crippen LogP contribution is -2.45. The van der Waals surface area contributed by atoms with Gasteiger partial charge in [0, 0.05) is 12.1 Å². The predicted molar refractivity (Wildman–Crippen MR) is 76.7 cm³/mol. The van der Waals surface area contributed by atoms with Crippen LogP contribution in [0.2, 0.25) is 0 Å². The van der Waals surface area contributed by atoms with Crippen LogP contribution in [0.5, 0.6) is 0 Å². The smallest absolute Gasteiger partial charge is 0.123 e. The van der Waals surface area contributed by atoms with E-state index in [4.69, 9.17) is 0 Å². The predicted octanol–water partition coefficient (Wildman–Crippen LogP) is 4.19. The Morgan fingerprint density at radius 2 is 1.95 bits per heavy atom. The fourth-order valence-electron chi connectivity index (χ4n) is 4.40. The molecule has 0 spiro atoms. The van der Waals surface area contributed by atoms with E-state index in [0.29, 0.717) is 5.92 Å². The molecule has 19 heavy (non-hydrogen) atoms. The Kier molecular flexibility index (Phi) is 3.62. The van der Waals surface area contributed by atoms with E-state index in [1.54, 1.807) is 12.1 Å². The summed E-state index contributed by atoms with van der Waals surface area (Å²) in [4.78, 5) is 2.61. The number of hydrogen-bond donors (Lipinski definition) is 0. The summed E-state index contributed by atoms with van der Waals surface area (Å²) in [5.74, 6) is 1.26. The lowest BCUT2D eigenvalue weighted by molar-refractivity contribution is 0.0940. The summed E-state index contributed by atoms with van der Waals surface area (Å²) in [5, 5.41) is 0. The first kappa shape index (κ1) is 13.1. The first-order chi connectivity index (χ1) is 9.20. The summed E-state index contributed by atoms with van der Waals surface area (Å²) < 4.78 is 13.1. The molecular formula is C17H24FN. The Hall–Kier alpha value is -0.890. The molecule has 0 aromatic heterocycles. The molecule has 3 rings (SSSR count). The maximum absolute atomic E-state index is 13.1. The molecule has 2 heteroatoms. The van der Waals surface area contributed by atoms with Crippen LogP contribution in [0.15, 0.2) is 24.3 Å². The minimum atomic E-state index is -0.119. The van der Waals surface area contributed by atoms with Crippen molar-refractivity contribution in [3.05, 3.63) is 35.6 Å². The van der Waals surface area contributed by atoms with Gasteiger partial charge in [0.2, 0.25) is 0 Å². The van der Waals surface area contributed by atoms with E-state index in [1.807, 2.05) is 12.1 Å². The number of nitrogens with zero attached hydrogens (tertiary/aromatic N) is 1. The third kappa shape index (κ3) is 2.31. The lowest BCUT2D eigenvalue weighted by Gasteiger charge is -2.43. The highest BCUT2D eigenvalue weighted by Gasteiger charge is 2.45. The van der Waals surface area contributed by atoms with Crippen LogP contribution in [-0.4, -0.2) is 24.0 Å². The van der Waals surface area contributed by atoms with E-state index < -0.39 is 0 Å². The Morgan fingerprint density at radius 3 is 2.63 bits per heavy atom. The number of rotatable bonds is 3. The summed E-state index contributed by atoms with van der Waals surface area (Å²) in [6, 6.07) is 8.75. The van der Waals surface area contributed by atoms with Crippen molar-refractivity contribution in [1.82, 2.24) is 4.90 Å². The van der Waals surface area contributed by atoms with E-state index in [2.05, 4.69) is 18.9 Å². The van der Waals surface area contributed by atoms with Gasteiger partial charge in [-0.1, -0.05) is 25.5 Å². The number of piperidine rings is 1. The third-order valence-corrected chi connectivity index (χ3v) is 5.35. The second-order valence-corrected chi connectivity index (χ2v) is 6.31. The zero-order chi connectivity index (χ0) is 13.4. The molecule has 4 unspecified atom stereocenters. The molecule has 104 valence electrons. The van der Waals surface area contributed by atoms with Crippen LogP contribution in [0.4, 0.5) is 4.39 Å². The molecule has 2 aliphatic rings. The first-order valence-corrected chi connectivity index (χ1v) is 7.68. The van der Waals surface area contributed by atoms with Gasteiger partial charge in [-0.15, -0.1) is 0 Å². The van der Waals surface area contributed by atoms with Crippen molar-refractivity contribution in [2.24, 2.45) is 5.92 Å². The molecule has 0 aliphatic carbocycles. The topological polar surface area (TPSA) is 3.24 Å². The van der Waals surface area contributed by atoms with Crippen LogP contribution >= 0.6 is 0 Å². The zero-order valence-electron chi connectivity index (χ0n) is 12.0. The Labute approximate surface area is 115 Å². The minimum Gasteiger partial charge on any atom is -0.300 e. The van der Waals surface area contributed by atoms with E-state index in [9.17, 15) is 4.39 Å². The monoisotopic (exact) mass is 261 g/mol. The summed E-state index contributed by atoms with van der Waals surface area (Å²) in [5.41, 5.74) is 1.35. The van der Waals surface area contributed by atoms with Crippen molar-refractivity contribution in [3.63, 3.8) is 0 Å². The van der Waals surface area contributed by atoms with E-state index in [0.717, 1.165) is 18.0 Å².